The summed E-state index contributed by atoms with van der Waals surface area (Å²) in [6.45, 7) is 0.527. The van der Waals surface area contributed by atoms with Crippen molar-refractivity contribution in [3.05, 3.63) is 92.6 Å². The molecule has 0 fully saturated rings. The molecule has 0 saturated carbocycles. The topological polar surface area (TPSA) is 26.3 Å². The Morgan fingerprint density at radius 1 is 1.04 bits per heavy atom. The van der Waals surface area contributed by atoms with Crippen molar-refractivity contribution in [1.82, 2.24) is 0 Å². The van der Waals surface area contributed by atoms with Gasteiger partial charge in [-0.1, -0.05) is 52.3 Å². The summed E-state index contributed by atoms with van der Waals surface area (Å²) in [6, 6.07) is 19.5. The monoisotopic (exact) mass is 398 g/mol. The van der Waals surface area contributed by atoms with Gasteiger partial charge in [0.2, 0.25) is 0 Å². The van der Waals surface area contributed by atoms with E-state index in [2.05, 4.69) is 15.9 Å². The fourth-order valence-corrected chi connectivity index (χ4v) is 3.00. The van der Waals surface area contributed by atoms with Gasteiger partial charge in [-0.2, -0.15) is 0 Å². The van der Waals surface area contributed by atoms with Crippen molar-refractivity contribution in [1.29, 1.82) is 0 Å². The first-order valence-electron chi connectivity index (χ1n) is 7.44. The molecule has 120 valence electrons. The van der Waals surface area contributed by atoms with E-state index >= 15 is 0 Å². The molecule has 0 unspecified atom stereocenters. The maximum atomic E-state index is 11.9. The van der Waals surface area contributed by atoms with Gasteiger partial charge in [-0.05, 0) is 52.9 Å². The number of thiophene rings is 1. The van der Waals surface area contributed by atoms with Crippen LogP contribution in [0.2, 0.25) is 0 Å². The van der Waals surface area contributed by atoms with Gasteiger partial charge >= 0.3 is 0 Å². The minimum atomic E-state index is 0.0283. The lowest BCUT2D eigenvalue weighted by Crippen LogP contribution is -1.95. The molecule has 2 aromatic carbocycles. The molecule has 2 nitrogen and oxygen atoms in total. The SMILES string of the molecule is O=C(/C=C/c1ccc(OCc2ccc(Br)cc2)cc1)c1cccs1. The van der Waals surface area contributed by atoms with Crippen molar-refractivity contribution < 1.29 is 9.53 Å². The lowest BCUT2D eigenvalue weighted by atomic mass is 10.2. The molecule has 0 bridgehead atoms. The van der Waals surface area contributed by atoms with Crippen LogP contribution in [0.5, 0.6) is 5.75 Å². The summed E-state index contributed by atoms with van der Waals surface area (Å²) in [6.07, 6.45) is 3.42. The fourth-order valence-electron chi connectivity index (χ4n) is 2.10. The van der Waals surface area contributed by atoms with Crippen molar-refractivity contribution >= 4 is 39.1 Å². The predicted molar refractivity (Wildman–Crippen MR) is 103 cm³/mol. The normalized spacial score (nSPS) is 10.9. The third-order valence-corrected chi connectivity index (χ3v) is 4.80. The predicted octanol–water partition coefficient (Wildman–Crippen LogP) is 5.99. The summed E-state index contributed by atoms with van der Waals surface area (Å²) in [5.41, 5.74) is 2.08. The van der Waals surface area contributed by atoms with Crippen LogP contribution < -0.4 is 4.74 Å². The highest BCUT2D eigenvalue weighted by molar-refractivity contribution is 9.10. The molecule has 0 amide bonds. The summed E-state index contributed by atoms with van der Waals surface area (Å²) in [5, 5.41) is 1.90. The number of benzene rings is 2. The molecule has 1 aromatic heterocycles. The molecule has 24 heavy (non-hydrogen) atoms. The van der Waals surface area contributed by atoms with Gasteiger partial charge in [-0.25, -0.2) is 0 Å². The number of hydrogen-bond acceptors (Lipinski definition) is 3. The standard InChI is InChI=1S/C20H15BrO2S/c21-17-8-3-16(4-9-17)14-23-18-10-5-15(6-11-18)7-12-19(22)20-2-1-13-24-20/h1-13H,14H2/b12-7+. The number of halogens is 1. The summed E-state index contributed by atoms with van der Waals surface area (Å²) >= 11 is 4.87. The zero-order chi connectivity index (χ0) is 16.8. The van der Waals surface area contributed by atoms with Gasteiger partial charge in [0, 0.05) is 4.47 Å². The summed E-state index contributed by atoms with van der Waals surface area (Å²) in [4.78, 5) is 12.7. The molecule has 0 aliphatic heterocycles. The molecule has 0 N–H and O–H groups in total. The van der Waals surface area contributed by atoms with E-state index in [9.17, 15) is 4.79 Å². The smallest absolute Gasteiger partial charge is 0.195 e. The van der Waals surface area contributed by atoms with Gasteiger partial charge in [0.1, 0.15) is 12.4 Å². The number of ketones is 1. The highest BCUT2D eigenvalue weighted by Crippen LogP contribution is 2.17. The van der Waals surface area contributed by atoms with Crippen molar-refractivity contribution in [2.45, 2.75) is 6.61 Å². The number of hydrogen-bond donors (Lipinski definition) is 0. The Balaban J connectivity index is 1.57. The van der Waals surface area contributed by atoms with Gasteiger partial charge < -0.3 is 4.74 Å². The zero-order valence-corrected chi connectivity index (χ0v) is 15.2. The number of allylic oxidation sites excluding steroid dienone is 1. The second-order valence-corrected chi connectivity index (χ2v) is 7.02. The van der Waals surface area contributed by atoms with Crippen molar-refractivity contribution in [2.75, 3.05) is 0 Å². The van der Waals surface area contributed by atoms with E-state index in [1.165, 1.54) is 11.3 Å². The van der Waals surface area contributed by atoms with E-state index in [-0.39, 0.29) is 5.78 Å². The number of rotatable bonds is 6. The van der Waals surface area contributed by atoms with E-state index in [1.807, 2.05) is 72.1 Å². The van der Waals surface area contributed by atoms with Gasteiger partial charge in [0.25, 0.3) is 0 Å². The Morgan fingerprint density at radius 3 is 2.46 bits per heavy atom. The first-order valence-corrected chi connectivity index (χ1v) is 9.11. The van der Waals surface area contributed by atoms with E-state index in [1.54, 1.807) is 6.08 Å². The molecule has 0 aliphatic carbocycles. The van der Waals surface area contributed by atoms with Crippen LogP contribution in [0.15, 0.2) is 76.6 Å². The lowest BCUT2D eigenvalue weighted by Gasteiger charge is -2.06. The van der Waals surface area contributed by atoms with Gasteiger partial charge in [0.15, 0.2) is 5.78 Å². The molecule has 1 heterocycles. The average Bonchev–Trinajstić information content (AvgIpc) is 3.15. The molecule has 0 radical (unpaired) electrons. The maximum Gasteiger partial charge on any atom is 0.195 e. The third kappa shape index (κ3) is 4.66. The van der Waals surface area contributed by atoms with Crippen LogP contribution >= 0.6 is 27.3 Å². The van der Waals surface area contributed by atoms with E-state index in [0.717, 1.165) is 26.2 Å². The zero-order valence-electron chi connectivity index (χ0n) is 12.8. The molecular weight excluding hydrogens is 384 g/mol. The van der Waals surface area contributed by atoms with Crippen LogP contribution in [0.4, 0.5) is 0 Å². The Hall–Kier alpha value is -2.17. The first-order chi connectivity index (χ1) is 11.7. The fraction of sp³-hybridized carbons (Fsp3) is 0.0500. The van der Waals surface area contributed by atoms with Gasteiger partial charge in [0.05, 0.1) is 4.88 Å². The highest BCUT2D eigenvalue weighted by Gasteiger charge is 2.01. The Kier molecular flexibility index (Phi) is 5.62. The summed E-state index contributed by atoms with van der Waals surface area (Å²) < 4.78 is 6.82. The Labute approximate surface area is 153 Å². The van der Waals surface area contributed by atoms with Crippen LogP contribution in [-0.4, -0.2) is 5.78 Å². The van der Waals surface area contributed by atoms with Crippen molar-refractivity contribution in [2.24, 2.45) is 0 Å². The second kappa shape index (κ2) is 8.08. The van der Waals surface area contributed by atoms with Crippen LogP contribution in [0.1, 0.15) is 20.8 Å². The van der Waals surface area contributed by atoms with E-state index < -0.39 is 0 Å². The van der Waals surface area contributed by atoms with Gasteiger partial charge in [-0.3, -0.25) is 4.79 Å². The maximum absolute atomic E-state index is 11.9. The largest absolute Gasteiger partial charge is 0.489 e. The second-order valence-electron chi connectivity index (χ2n) is 5.16. The van der Waals surface area contributed by atoms with Crippen LogP contribution in [0.3, 0.4) is 0 Å². The molecule has 3 aromatic rings. The molecule has 3 rings (SSSR count). The van der Waals surface area contributed by atoms with Crippen LogP contribution in [-0.2, 0) is 6.61 Å². The van der Waals surface area contributed by atoms with Gasteiger partial charge in [-0.15, -0.1) is 11.3 Å². The van der Waals surface area contributed by atoms with E-state index in [4.69, 9.17) is 4.74 Å². The Morgan fingerprint density at radius 2 is 1.79 bits per heavy atom. The third-order valence-electron chi connectivity index (χ3n) is 3.39. The highest BCUT2D eigenvalue weighted by atomic mass is 79.9. The van der Waals surface area contributed by atoms with Crippen LogP contribution in [0, 0.1) is 0 Å². The van der Waals surface area contributed by atoms with Crippen molar-refractivity contribution in [3.63, 3.8) is 0 Å². The lowest BCUT2D eigenvalue weighted by molar-refractivity contribution is 0.105. The minimum Gasteiger partial charge on any atom is -0.489 e. The number of ether oxygens (including phenoxy) is 1. The molecule has 0 atom stereocenters. The Bertz CT molecular complexity index is 819. The van der Waals surface area contributed by atoms with Crippen molar-refractivity contribution in [3.8, 4) is 5.75 Å². The molecule has 0 saturated heterocycles. The quantitative estimate of drug-likeness (QED) is 0.376. The molecular formula is C20H15BrO2S. The summed E-state index contributed by atoms with van der Waals surface area (Å²) in [5.74, 6) is 0.834. The molecule has 4 heteroatoms. The van der Waals surface area contributed by atoms with Crippen LogP contribution in [0.25, 0.3) is 6.08 Å². The van der Waals surface area contributed by atoms with E-state index in [0.29, 0.717) is 6.61 Å². The first kappa shape index (κ1) is 16.7. The number of carbonyl (C=O) groups excluding carboxylic acids is 1. The number of carbonyl (C=O) groups is 1. The molecule has 0 aliphatic rings. The average molecular weight is 399 g/mol. The molecule has 0 spiro atoms. The summed E-state index contributed by atoms with van der Waals surface area (Å²) in [7, 11) is 0. The minimum absolute atomic E-state index is 0.0283.